The van der Waals surface area contributed by atoms with Crippen molar-refractivity contribution in [1.82, 2.24) is 0 Å². The molecule has 0 aromatic heterocycles. The van der Waals surface area contributed by atoms with Crippen LogP contribution in [0.25, 0.3) is 11.1 Å². The van der Waals surface area contributed by atoms with Crippen LogP contribution in [-0.2, 0) is 28.1 Å². The van der Waals surface area contributed by atoms with Crippen LogP contribution in [0.1, 0.15) is 87.2 Å². The average Bonchev–Trinajstić information content (AvgIpc) is 3.08. The van der Waals surface area contributed by atoms with Crippen LogP contribution in [0, 0.1) is 0 Å². The van der Waals surface area contributed by atoms with Gasteiger partial charge in [-0.05, 0) is 82.6 Å². The summed E-state index contributed by atoms with van der Waals surface area (Å²) in [6.45, 7) is 5.72. The van der Waals surface area contributed by atoms with E-state index in [1.807, 2.05) is 36.4 Å². The molecule has 0 heterocycles. The first-order valence-electron chi connectivity index (χ1n) is 16.3. The molecule has 0 saturated heterocycles. The molecule has 0 fully saturated rings. The third-order valence-corrected chi connectivity index (χ3v) is 9.92. The normalized spacial score (nSPS) is 12.0. The van der Waals surface area contributed by atoms with Crippen molar-refractivity contribution in [2.45, 2.75) is 92.8 Å². The van der Waals surface area contributed by atoms with E-state index in [1.54, 1.807) is 42.5 Å². The zero-order chi connectivity index (χ0) is 33.6. The zero-order valence-corrected chi connectivity index (χ0v) is 31.8. The Morgan fingerprint density at radius 3 is 2.23 bits per heavy atom. The Balaban J connectivity index is 0.00000625. The summed E-state index contributed by atoms with van der Waals surface area (Å²) in [6.07, 6.45) is 6.64. The fourth-order valence-electron chi connectivity index (χ4n) is 5.32. The van der Waals surface area contributed by atoms with Gasteiger partial charge in [-0.25, -0.2) is 8.42 Å². The van der Waals surface area contributed by atoms with Crippen molar-refractivity contribution in [3.05, 3.63) is 107 Å². The van der Waals surface area contributed by atoms with Gasteiger partial charge in [-0.1, -0.05) is 106 Å². The second-order valence-corrected chi connectivity index (χ2v) is 14.1. The Morgan fingerprint density at radius 1 is 0.812 bits per heavy atom. The molecule has 0 aliphatic carbocycles. The first-order chi connectivity index (χ1) is 22.7. The fourth-order valence-corrected chi connectivity index (χ4v) is 7.16. The van der Waals surface area contributed by atoms with Gasteiger partial charge in [0.25, 0.3) is 0 Å². The molecule has 4 aromatic rings. The van der Waals surface area contributed by atoms with Gasteiger partial charge >= 0.3 is 29.6 Å². The van der Waals surface area contributed by atoms with Crippen molar-refractivity contribution >= 4 is 21.9 Å². The summed E-state index contributed by atoms with van der Waals surface area (Å²) in [5.74, 6) is 0.729. The van der Waals surface area contributed by atoms with Gasteiger partial charge < -0.3 is 24.2 Å². The molecule has 4 aromatic carbocycles. The van der Waals surface area contributed by atoms with Gasteiger partial charge in [0.1, 0.15) is 22.0 Å². The van der Waals surface area contributed by atoms with Crippen LogP contribution in [0.4, 0.5) is 0 Å². The van der Waals surface area contributed by atoms with Crippen molar-refractivity contribution in [3.8, 4) is 16.9 Å². The molecule has 0 saturated carbocycles. The quantitative estimate of drug-likeness (QED) is 0.0733. The van der Waals surface area contributed by atoms with Crippen LogP contribution in [-0.4, -0.2) is 36.4 Å². The van der Waals surface area contributed by atoms with Gasteiger partial charge in [-0.3, -0.25) is 0 Å². The summed E-state index contributed by atoms with van der Waals surface area (Å²) in [5.41, 5.74) is 3.70. The van der Waals surface area contributed by atoms with Crippen LogP contribution in [0.3, 0.4) is 0 Å². The number of unbranched alkanes of at least 4 members (excludes halogenated alkanes) is 5. The number of rotatable bonds is 19. The van der Waals surface area contributed by atoms with Crippen molar-refractivity contribution in [3.63, 3.8) is 0 Å². The van der Waals surface area contributed by atoms with Crippen LogP contribution in [0.15, 0.2) is 99.6 Å². The number of hydrogen-bond acceptors (Lipinski definition) is 8. The Morgan fingerprint density at radius 2 is 1.52 bits per heavy atom. The van der Waals surface area contributed by atoms with E-state index in [4.69, 9.17) is 9.47 Å². The second kappa shape index (κ2) is 20.5. The van der Waals surface area contributed by atoms with Gasteiger partial charge in [0, 0.05) is 16.4 Å². The minimum Gasteiger partial charge on any atom is -0.744 e. The number of ether oxygens (including phenoxy) is 2. The Bertz CT molecular complexity index is 1680. The number of hydrogen-bond donors (Lipinski definition) is 2. The number of aliphatic hydroxyl groups excluding tert-OH is 2. The van der Waals surface area contributed by atoms with Gasteiger partial charge in [-0.15, -0.1) is 0 Å². The van der Waals surface area contributed by atoms with Gasteiger partial charge in [0.15, 0.2) is 0 Å². The van der Waals surface area contributed by atoms with E-state index in [9.17, 15) is 23.2 Å². The standard InChI is InChI=1S/C38H46O7S2.Na/c1-3-5-7-8-11-20-44-27-29-22-28(26-39)23-31(24-29)38(40)35-13-10-9-12-34(35)30-14-19-36(37(25-30)47(41,42)43)46-33-17-15-32(16-18-33)45-21-6-4-2;/h9-10,12-19,22-25,38-40H,3-8,11,20-21,26-27H2,1-2H3,(H,41,42,43);/q;+1/p-1. The molecular formula is C38H45NaO7S2. The second-order valence-electron chi connectivity index (χ2n) is 11.6. The fraction of sp³-hybridized carbons (Fsp3) is 0.368. The Hall–Kier alpha value is -2.18. The summed E-state index contributed by atoms with van der Waals surface area (Å²) >= 11 is 1.19. The number of aliphatic hydroxyl groups is 2. The predicted octanol–water partition coefficient (Wildman–Crippen LogP) is 5.65. The molecule has 0 aliphatic rings. The average molecular weight is 701 g/mol. The minimum atomic E-state index is -4.82. The van der Waals surface area contributed by atoms with Crippen molar-refractivity contribution in [2.75, 3.05) is 13.2 Å². The van der Waals surface area contributed by atoms with E-state index in [-0.39, 0.29) is 41.1 Å². The van der Waals surface area contributed by atoms with Crippen LogP contribution in [0.2, 0.25) is 0 Å². The summed E-state index contributed by atoms with van der Waals surface area (Å²) in [6, 6.07) is 24.7. The van der Waals surface area contributed by atoms with Crippen LogP contribution < -0.4 is 34.3 Å². The molecule has 48 heavy (non-hydrogen) atoms. The topological polar surface area (TPSA) is 116 Å². The third kappa shape index (κ3) is 12.0. The van der Waals surface area contributed by atoms with Crippen molar-refractivity contribution < 1.29 is 62.2 Å². The molecule has 0 bridgehead atoms. The molecule has 252 valence electrons. The first-order valence-corrected chi connectivity index (χ1v) is 18.5. The molecule has 10 heteroatoms. The molecule has 1 atom stereocenters. The molecule has 0 aliphatic heterocycles. The molecule has 0 amide bonds. The largest absolute Gasteiger partial charge is 1.00 e. The van der Waals surface area contributed by atoms with E-state index in [1.165, 1.54) is 37.1 Å². The maximum Gasteiger partial charge on any atom is 1.00 e. The molecule has 1 unspecified atom stereocenters. The first kappa shape index (κ1) is 40.3. The maximum atomic E-state index is 12.5. The van der Waals surface area contributed by atoms with Crippen LogP contribution >= 0.6 is 11.8 Å². The van der Waals surface area contributed by atoms with Crippen LogP contribution in [0.5, 0.6) is 5.75 Å². The molecular weight excluding hydrogens is 656 g/mol. The molecule has 7 nitrogen and oxygen atoms in total. The van der Waals surface area contributed by atoms with Crippen molar-refractivity contribution in [2.24, 2.45) is 0 Å². The summed E-state index contributed by atoms with van der Waals surface area (Å²) in [5, 5.41) is 21.6. The molecule has 4 rings (SSSR count). The Labute approximate surface area is 312 Å². The minimum absolute atomic E-state index is 0. The van der Waals surface area contributed by atoms with Gasteiger partial charge in [0.2, 0.25) is 0 Å². The Kier molecular flexibility index (Phi) is 17.2. The smallest absolute Gasteiger partial charge is 0.744 e. The van der Waals surface area contributed by atoms with E-state index in [2.05, 4.69) is 13.8 Å². The van der Waals surface area contributed by atoms with E-state index >= 15 is 0 Å². The number of benzene rings is 4. The zero-order valence-electron chi connectivity index (χ0n) is 28.2. The maximum absolute atomic E-state index is 12.5. The monoisotopic (exact) mass is 700 g/mol. The molecule has 2 N–H and O–H groups in total. The summed E-state index contributed by atoms with van der Waals surface area (Å²) < 4.78 is 49.0. The third-order valence-electron chi connectivity index (χ3n) is 7.83. The van der Waals surface area contributed by atoms with Gasteiger partial charge in [0.05, 0.1) is 24.7 Å². The predicted molar refractivity (Wildman–Crippen MR) is 186 cm³/mol. The SMILES string of the molecule is CCCCCCCOCc1cc(CO)cc(C(O)c2ccccc2-c2ccc(Sc3ccc(OCCCC)cc3)c(S(=O)(=O)[O-])c2)c1.[Na+]. The van der Waals surface area contributed by atoms with Crippen molar-refractivity contribution in [1.29, 1.82) is 0 Å². The summed E-state index contributed by atoms with van der Waals surface area (Å²) in [7, 11) is -4.82. The van der Waals surface area contributed by atoms with E-state index < -0.39 is 16.2 Å². The van der Waals surface area contributed by atoms with E-state index in [0.717, 1.165) is 41.9 Å². The molecule has 0 radical (unpaired) electrons. The molecule has 0 spiro atoms. The summed E-state index contributed by atoms with van der Waals surface area (Å²) in [4.78, 5) is 0.748. The van der Waals surface area contributed by atoms with Gasteiger partial charge in [-0.2, -0.15) is 0 Å². The van der Waals surface area contributed by atoms with E-state index in [0.29, 0.717) is 52.5 Å².